The molecule has 1 aliphatic rings. The molecule has 1 fully saturated rings. The molecule has 2 heterocycles. The van der Waals surface area contributed by atoms with Crippen LogP contribution in [0.4, 0.5) is 17.2 Å². The Kier molecular flexibility index (Phi) is 10.5. The number of ether oxygens (including phenoxy) is 2. The second kappa shape index (κ2) is 14.0. The minimum Gasteiger partial charge on any atom is -0.494 e. The number of hydrogen-bond donors (Lipinski definition) is 2. The van der Waals surface area contributed by atoms with E-state index in [0.29, 0.717) is 25.4 Å². The first kappa shape index (κ1) is 26.9. The summed E-state index contributed by atoms with van der Waals surface area (Å²) in [5, 5.41) is 7.21. The van der Waals surface area contributed by atoms with Crippen LogP contribution < -0.4 is 15.4 Å². The maximum absolute atomic E-state index is 11.1. The number of hydrogen-bond acceptors (Lipinski definition) is 7. The van der Waals surface area contributed by atoms with Gasteiger partial charge in [0.05, 0.1) is 25.8 Å². The van der Waals surface area contributed by atoms with Gasteiger partial charge in [0, 0.05) is 24.2 Å². The average Bonchev–Trinajstić information content (AvgIpc) is 3.33. The number of unbranched alkanes of at least 4 members (excludes halogenated alkanes) is 3. The van der Waals surface area contributed by atoms with Crippen molar-refractivity contribution in [1.82, 2.24) is 14.3 Å². The SMILES string of the molecule is COC(=O)CCCCCCOc1ccc(Nc2cc(NC3CCCCC3)c3ncn(PI)c3n2)cc1. The molecule has 1 unspecified atom stereocenters. The number of methoxy groups -OCH3 is 1. The number of pyridine rings is 1. The van der Waals surface area contributed by atoms with E-state index in [-0.39, 0.29) is 5.97 Å². The normalized spacial score (nSPS) is 14.4. The molecule has 0 radical (unpaired) electrons. The summed E-state index contributed by atoms with van der Waals surface area (Å²) in [6, 6.07) is 10.6. The maximum atomic E-state index is 11.1. The highest BCUT2D eigenvalue weighted by Gasteiger charge is 2.17. The zero-order valence-electron chi connectivity index (χ0n) is 20.8. The number of halogens is 1. The molecule has 0 aliphatic heterocycles. The van der Waals surface area contributed by atoms with E-state index in [1.165, 1.54) is 39.2 Å². The summed E-state index contributed by atoms with van der Waals surface area (Å²) in [6.45, 7) is 0.667. The van der Waals surface area contributed by atoms with E-state index in [1.54, 1.807) is 0 Å². The molecule has 0 bridgehead atoms. The highest BCUT2D eigenvalue weighted by molar-refractivity contribution is 14.2. The molecular weight excluding hydrogens is 588 g/mol. The minimum absolute atomic E-state index is 0.136. The molecule has 194 valence electrons. The zero-order chi connectivity index (χ0) is 25.2. The molecule has 8 nitrogen and oxygen atoms in total. The van der Waals surface area contributed by atoms with Crippen LogP contribution in [0.1, 0.15) is 64.2 Å². The van der Waals surface area contributed by atoms with Crippen LogP contribution in [0.25, 0.3) is 11.2 Å². The lowest BCUT2D eigenvalue weighted by molar-refractivity contribution is -0.140. The molecule has 0 saturated heterocycles. The third-order valence-electron chi connectivity index (χ3n) is 6.46. The summed E-state index contributed by atoms with van der Waals surface area (Å²) >= 11 is 2.37. The van der Waals surface area contributed by atoms with Crippen LogP contribution in [0.3, 0.4) is 0 Å². The number of nitrogens with one attached hydrogen (secondary N) is 2. The topological polar surface area (TPSA) is 90.3 Å². The second-order valence-corrected chi connectivity index (χ2v) is 11.2. The van der Waals surface area contributed by atoms with E-state index in [4.69, 9.17) is 9.72 Å². The number of nitrogens with zero attached hydrogens (tertiary/aromatic N) is 3. The minimum atomic E-state index is -0.136. The van der Waals surface area contributed by atoms with Gasteiger partial charge >= 0.3 is 5.97 Å². The van der Waals surface area contributed by atoms with Gasteiger partial charge in [-0.15, -0.1) is 0 Å². The molecule has 2 N–H and O–H groups in total. The lowest BCUT2D eigenvalue weighted by atomic mass is 9.95. The standard InChI is InChI=1S/C26H35IN5O3P/c1-34-24(33)11-7-2-3-8-16-35-21-14-12-20(13-15-21)30-23-17-22(29-19-9-5-4-6-10-19)25-26(31-23)32(36-27)18-28-25/h12-15,17-19,36H,2-11,16H2,1H3,(H2,29,30,31). The summed E-state index contributed by atoms with van der Waals surface area (Å²) in [5.74, 6) is 1.52. The number of carbonyl (C=O) groups excluding carboxylic acids is 1. The Balaban J connectivity index is 1.33. The van der Waals surface area contributed by atoms with Gasteiger partial charge in [0.1, 0.15) is 23.4 Å². The van der Waals surface area contributed by atoms with Gasteiger partial charge < -0.3 is 20.1 Å². The van der Waals surface area contributed by atoms with Crippen molar-refractivity contribution in [2.75, 3.05) is 24.4 Å². The molecule has 0 spiro atoms. The largest absolute Gasteiger partial charge is 0.494 e. The molecule has 1 aliphatic carbocycles. The van der Waals surface area contributed by atoms with Crippen molar-refractivity contribution >= 4 is 62.7 Å². The molecular formula is C26H35IN5O3P. The predicted octanol–water partition coefficient (Wildman–Crippen LogP) is 7.21. The Morgan fingerprint density at radius 1 is 1.14 bits per heavy atom. The van der Waals surface area contributed by atoms with Gasteiger partial charge in [0.25, 0.3) is 0 Å². The van der Waals surface area contributed by atoms with Crippen molar-refractivity contribution in [2.45, 2.75) is 70.3 Å². The van der Waals surface area contributed by atoms with Crippen LogP contribution >= 0.6 is 28.4 Å². The fourth-order valence-corrected chi connectivity index (χ4v) is 5.89. The molecule has 10 heteroatoms. The first-order valence-corrected chi connectivity index (χ1v) is 16.8. The third-order valence-corrected chi connectivity index (χ3v) is 8.53. The molecule has 1 saturated carbocycles. The Morgan fingerprint density at radius 3 is 2.67 bits per heavy atom. The smallest absolute Gasteiger partial charge is 0.305 e. The van der Waals surface area contributed by atoms with Gasteiger partial charge in [0.2, 0.25) is 0 Å². The Morgan fingerprint density at radius 2 is 1.92 bits per heavy atom. The Bertz CT molecular complexity index is 1120. The molecule has 1 atom stereocenters. The van der Waals surface area contributed by atoms with Crippen molar-refractivity contribution in [3.8, 4) is 5.75 Å². The van der Waals surface area contributed by atoms with E-state index in [0.717, 1.165) is 59.8 Å². The van der Waals surface area contributed by atoms with Crippen LogP contribution in [-0.4, -0.2) is 40.0 Å². The number of esters is 1. The average molecular weight is 623 g/mol. The van der Waals surface area contributed by atoms with Gasteiger partial charge in [0.15, 0.2) is 5.65 Å². The molecule has 36 heavy (non-hydrogen) atoms. The second-order valence-electron chi connectivity index (χ2n) is 9.14. The lowest BCUT2D eigenvalue weighted by Crippen LogP contribution is -2.22. The monoisotopic (exact) mass is 623 g/mol. The highest BCUT2D eigenvalue weighted by Crippen LogP contribution is 2.34. The fourth-order valence-electron chi connectivity index (χ4n) is 4.49. The predicted molar refractivity (Wildman–Crippen MR) is 156 cm³/mol. The lowest BCUT2D eigenvalue weighted by Gasteiger charge is -2.24. The summed E-state index contributed by atoms with van der Waals surface area (Å²) in [5.41, 5.74) is 3.85. The van der Waals surface area contributed by atoms with Crippen LogP contribution in [-0.2, 0) is 9.53 Å². The van der Waals surface area contributed by atoms with E-state index in [9.17, 15) is 4.79 Å². The van der Waals surface area contributed by atoms with Gasteiger partial charge in [-0.2, -0.15) is 0 Å². The number of fused-ring (bicyclic) bond motifs is 1. The number of anilines is 3. The van der Waals surface area contributed by atoms with E-state index in [1.807, 2.05) is 30.6 Å². The fraction of sp³-hybridized carbons (Fsp3) is 0.500. The van der Waals surface area contributed by atoms with E-state index < -0.39 is 0 Å². The first-order chi connectivity index (χ1) is 17.7. The van der Waals surface area contributed by atoms with E-state index >= 15 is 0 Å². The number of aromatic nitrogens is 3. The van der Waals surface area contributed by atoms with Gasteiger partial charge in [-0.25, -0.2) is 9.97 Å². The van der Waals surface area contributed by atoms with E-state index in [2.05, 4.69) is 52.8 Å². The summed E-state index contributed by atoms with van der Waals surface area (Å²) in [7, 11) is 1.43. The Labute approximate surface area is 227 Å². The van der Waals surface area contributed by atoms with Gasteiger partial charge in [-0.1, -0.05) is 32.1 Å². The van der Waals surface area contributed by atoms with Gasteiger partial charge in [-0.05, 0) is 72.0 Å². The highest BCUT2D eigenvalue weighted by atomic mass is 127. The van der Waals surface area contributed by atoms with Crippen LogP contribution in [0, 0.1) is 0 Å². The maximum Gasteiger partial charge on any atom is 0.305 e. The number of benzene rings is 1. The van der Waals surface area contributed by atoms with Crippen LogP contribution in [0.5, 0.6) is 5.75 Å². The third kappa shape index (κ3) is 7.68. The van der Waals surface area contributed by atoms with Gasteiger partial charge in [-0.3, -0.25) is 9.13 Å². The van der Waals surface area contributed by atoms with Crippen molar-refractivity contribution < 1.29 is 14.3 Å². The molecule has 4 rings (SSSR count). The summed E-state index contributed by atoms with van der Waals surface area (Å²) in [6.07, 6.45) is 13.1. The van der Waals surface area contributed by atoms with Crippen molar-refractivity contribution in [1.29, 1.82) is 0 Å². The van der Waals surface area contributed by atoms with Crippen LogP contribution in [0.2, 0.25) is 0 Å². The van der Waals surface area contributed by atoms with Crippen molar-refractivity contribution in [3.63, 3.8) is 0 Å². The molecule has 2 aromatic heterocycles. The molecule has 1 aromatic carbocycles. The number of imidazole rings is 1. The first-order valence-electron chi connectivity index (χ1n) is 12.7. The molecule has 0 amide bonds. The Hall–Kier alpha value is -2.13. The zero-order valence-corrected chi connectivity index (χ0v) is 23.9. The van der Waals surface area contributed by atoms with Crippen molar-refractivity contribution in [2.24, 2.45) is 0 Å². The summed E-state index contributed by atoms with van der Waals surface area (Å²) < 4.78 is 12.6. The number of carbonyl (C=O) groups is 1. The van der Waals surface area contributed by atoms with Crippen molar-refractivity contribution in [3.05, 3.63) is 36.7 Å². The quantitative estimate of drug-likeness (QED) is 0.0900. The van der Waals surface area contributed by atoms with Crippen LogP contribution in [0.15, 0.2) is 36.7 Å². The summed E-state index contributed by atoms with van der Waals surface area (Å²) in [4.78, 5) is 20.7. The number of rotatable bonds is 13. The molecule has 3 aromatic rings.